The molecule has 8 nitrogen and oxygen atoms in total. The van der Waals surface area contributed by atoms with Gasteiger partial charge < -0.3 is 37.9 Å². The van der Waals surface area contributed by atoms with Crippen molar-refractivity contribution in [2.45, 2.75) is 0 Å². The maximum Gasteiger partial charge on any atom is 0.127 e. The van der Waals surface area contributed by atoms with Crippen LogP contribution >= 0.6 is 0 Å². The summed E-state index contributed by atoms with van der Waals surface area (Å²) in [6, 6.07) is 200. The minimum Gasteiger partial charge on any atom is -0.457 e. The molecule has 0 N–H and O–H groups in total. The Bertz CT molecular complexity index is 7800. The van der Waals surface area contributed by atoms with Gasteiger partial charge in [-0.05, 0) is 351 Å². The number of hydrogen-bond donors (Lipinski definition) is 0. The Hall–Kier alpha value is -19.8. The van der Waals surface area contributed by atoms with Crippen molar-refractivity contribution in [3.63, 3.8) is 0 Å². The maximum atomic E-state index is 6.51. The Morgan fingerprint density at radius 1 is 0.101 bits per heavy atom. The molecule has 0 aliphatic rings. The molecule has 0 bridgehead atoms. The molecule has 0 amide bonds. The molecule has 22 rings (SSSR count). The first-order valence-electron chi connectivity index (χ1n) is 49.5. The summed E-state index contributed by atoms with van der Waals surface area (Å²) in [5.41, 5.74) is 26.8. The van der Waals surface area contributed by atoms with Gasteiger partial charge in [-0.25, -0.2) is 0 Å². The van der Waals surface area contributed by atoms with E-state index in [2.05, 4.69) is 303 Å². The van der Waals surface area contributed by atoms with Crippen LogP contribution in [0.4, 0.5) is 0 Å². The predicted octanol–water partition coefficient (Wildman–Crippen LogP) is 38.2. The monoisotopic (exact) mass is 1910 g/mol. The Kier molecular flexibility index (Phi) is 28.3. The summed E-state index contributed by atoms with van der Waals surface area (Å²) in [6.45, 7) is 0. The van der Waals surface area contributed by atoms with Crippen LogP contribution in [0.3, 0.4) is 0 Å². The van der Waals surface area contributed by atoms with E-state index < -0.39 is 0 Å². The first-order chi connectivity index (χ1) is 73.2. The van der Waals surface area contributed by atoms with Gasteiger partial charge in [0.05, 0.1) is 0 Å². The average Bonchev–Trinajstić information content (AvgIpc) is 0.762. The molecule has 0 aliphatic heterocycles. The first-order valence-corrected chi connectivity index (χ1v) is 49.5. The third-order valence-corrected chi connectivity index (χ3v) is 25.7. The van der Waals surface area contributed by atoms with Gasteiger partial charge in [-0.15, -0.1) is 0 Å². The van der Waals surface area contributed by atoms with Gasteiger partial charge in [0.1, 0.15) is 92.0 Å². The van der Waals surface area contributed by atoms with Gasteiger partial charge >= 0.3 is 0 Å². The molecule has 0 heterocycles. The molecule has 0 spiro atoms. The number of benzene rings is 22. The summed E-state index contributed by atoms with van der Waals surface area (Å²) < 4.78 is 51.0. The molecule has 0 aromatic heterocycles. The predicted molar refractivity (Wildman–Crippen MR) is 603 cm³/mol. The van der Waals surface area contributed by atoms with E-state index in [0.29, 0.717) is 11.5 Å². The van der Waals surface area contributed by atoms with E-state index in [-0.39, 0.29) is 0 Å². The van der Waals surface area contributed by atoms with Crippen LogP contribution in [0, 0.1) is 0 Å². The molecule has 0 radical (unpaired) electrons. The molecule has 0 unspecified atom stereocenters. The van der Waals surface area contributed by atoms with Crippen molar-refractivity contribution >= 4 is 45.6 Å². The minimum atomic E-state index is 0.717. The molecular formula is C140H98O8. The Morgan fingerprint density at radius 2 is 0.209 bits per heavy atom. The van der Waals surface area contributed by atoms with Crippen LogP contribution in [0.15, 0.2) is 582 Å². The molecule has 0 saturated heterocycles. The second-order valence-electron chi connectivity index (χ2n) is 35.7. The van der Waals surface area contributed by atoms with Crippen molar-refractivity contribution in [1.29, 1.82) is 0 Å². The van der Waals surface area contributed by atoms with Crippen LogP contribution in [0.1, 0.15) is 77.9 Å². The summed E-state index contributed by atoms with van der Waals surface area (Å²) >= 11 is 0. The van der Waals surface area contributed by atoms with Crippen molar-refractivity contribution in [1.82, 2.24) is 0 Å². The Morgan fingerprint density at radius 3 is 0.351 bits per heavy atom. The Balaban J connectivity index is 0.619. The van der Waals surface area contributed by atoms with Gasteiger partial charge in [-0.3, -0.25) is 0 Å². The molecule has 706 valence electrons. The van der Waals surface area contributed by atoms with Crippen LogP contribution < -0.4 is 37.9 Å². The van der Waals surface area contributed by atoms with E-state index in [4.69, 9.17) is 37.9 Å². The van der Waals surface area contributed by atoms with E-state index in [9.17, 15) is 0 Å². The molecule has 148 heavy (non-hydrogen) atoms. The van der Waals surface area contributed by atoms with Gasteiger partial charge in [0.15, 0.2) is 0 Å². The fourth-order valence-corrected chi connectivity index (χ4v) is 18.2. The van der Waals surface area contributed by atoms with Crippen molar-refractivity contribution in [2.24, 2.45) is 0 Å². The fourth-order valence-electron chi connectivity index (χ4n) is 18.2. The average molecular weight is 1910 g/mol. The van der Waals surface area contributed by atoms with Crippen molar-refractivity contribution in [3.8, 4) is 125 Å². The quantitative estimate of drug-likeness (QED) is 0.0377. The normalized spacial score (nSPS) is 11.7. The molecule has 0 aliphatic carbocycles. The third kappa shape index (κ3) is 23.2. The van der Waals surface area contributed by atoms with Gasteiger partial charge in [0.25, 0.3) is 0 Å². The number of para-hydroxylation sites is 8. The van der Waals surface area contributed by atoms with E-state index in [1.807, 2.05) is 291 Å². The van der Waals surface area contributed by atoms with Gasteiger partial charge in [0.2, 0.25) is 0 Å². The number of rotatable bonds is 33. The molecular weight excluding hydrogens is 1810 g/mol. The lowest BCUT2D eigenvalue weighted by molar-refractivity contribution is 0.482. The highest BCUT2D eigenvalue weighted by Crippen LogP contribution is 2.46. The van der Waals surface area contributed by atoms with Gasteiger partial charge in [-0.1, -0.05) is 388 Å². The smallest absolute Gasteiger partial charge is 0.127 e. The maximum absolute atomic E-state index is 6.51. The van der Waals surface area contributed by atoms with Crippen LogP contribution in [0.5, 0.6) is 92.0 Å². The minimum absolute atomic E-state index is 0.717. The third-order valence-electron chi connectivity index (χ3n) is 25.7. The molecule has 8 heteroatoms. The molecule has 0 fully saturated rings. The van der Waals surface area contributed by atoms with Crippen LogP contribution in [-0.2, 0) is 0 Å². The highest BCUT2D eigenvalue weighted by atomic mass is 16.5. The van der Waals surface area contributed by atoms with E-state index in [1.165, 1.54) is 0 Å². The highest BCUT2D eigenvalue weighted by Gasteiger charge is 2.23. The van der Waals surface area contributed by atoms with Crippen molar-refractivity contribution in [3.05, 3.63) is 660 Å². The van der Waals surface area contributed by atoms with Crippen LogP contribution in [0.25, 0.3) is 79.0 Å². The van der Waals surface area contributed by atoms with Gasteiger partial charge in [0, 0.05) is 0 Å². The molecule has 22 aromatic rings. The first kappa shape index (κ1) is 93.2. The summed E-state index contributed by atoms with van der Waals surface area (Å²) in [6.07, 6.45) is 4.47. The zero-order valence-electron chi connectivity index (χ0n) is 80.8. The summed E-state index contributed by atoms with van der Waals surface area (Å²) in [7, 11) is 0. The SMILES string of the molecule is C(=C(/c1ccc(Oc2ccccc2)cc1)c1ccc(-c2ccc(/C(=C(\c3ccc(Oc4ccccc4)cc3)c3ccc(-c4ccc(/C(=C(\c5ccc(Oc6ccccc6)cc5)c5ccc(-c6ccc(/C(=C/c7ccc(Oc8ccccc8)cc7)c7ccc(Oc8ccccc8)cc7)cc6)cc5)c5ccc(Oc6ccccc6)cc5)cc4)cc3)c3ccc(Oc4ccccc4)cc3)cc2)cc1)/c1ccc(Oc2ccccc2)cc1. The van der Waals surface area contributed by atoms with Gasteiger partial charge in [-0.2, -0.15) is 0 Å². The summed E-state index contributed by atoms with van der Waals surface area (Å²) in [5, 5.41) is 0. The summed E-state index contributed by atoms with van der Waals surface area (Å²) in [4.78, 5) is 0. The van der Waals surface area contributed by atoms with E-state index in [1.54, 1.807) is 0 Å². The molecule has 0 atom stereocenters. The second-order valence-corrected chi connectivity index (χ2v) is 35.7. The van der Waals surface area contributed by atoms with Crippen molar-refractivity contribution in [2.75, 3.05) is 0 Å². The van der Waals surface area contributed by atoms with Crippen molar-refractivity contribution < 1.29 is 37.9 Å². The standard InChI is InChI=1S/C140H98O8/c1-9-25-119(26-10-1)141-127-81-41-99(42-82-127)97-135(109-69-85-129(86-70-109)143-121-29-13-3-14-30-121)107-57-45-101(46-58-107)103-49-61-111(62-50-103)137(115-73-89-131(90-74-115)145-123-33-17-5-18-34-123)139(117-77-93-133(94-78-117)147-125-37-21-7-22-38-125)113-65-53-105(54-66-113)106-55-67-114(68-56-106)140(118-79-95-134(96-80-118)148-126-39-23-8-24-40-126)138(116-75-91-132(92-76-116)146-124-35-19-6-20-36-124)112-63-51-104(52-64-112)102-47-59-108(60-48-102)136(110-71-87-130(88-72-110)144-122-31-15-4-16-32-122)98-100-43-83-128(84-44-100)142-120-27-11-2-12-28-120/h1-98H/b135-97-,136-98-,139-137+,140-138+. The number of hydrogen-bond acceptors (Lipinski definition) is 8. The zero-order chi connectivity index (χ0) is 99.2. The number of ether oxygens (including phenoxy) is 8. The lowest BCUT2D eigenvalue weighted by atomic mass is 9.84. The molecule has 0 saturated carbocycles. The van der Waals surface area contributed by atoms with E-state index >= 15 is 0 Å². The van der Waals surface area contributed by atoms with Crippen LogP contribution in [0.2, 0.25) is 0 Å². The highest BCUT2D eigenvalue weighted by molar-refractivity contribution is 6.07. The topological polar surface area (TPSA) is 73.8 Å². The zero-order valence-corrected chi connectivity index (χ0v) is 80.8. The second kappa shape index (κ2) is 45.0. The van der Waals surface area contributed by atoms with E-state index in [0.717, 1.165) is 225 Å². The lowest BCUT2D eigenvalue weighted by Crippen LogP contribution is -1.99. The largest absolute Gasteiger partial charge is 0.457 e. The Labute approximate surface area is 863 Å². The lowest BCUT2D eigenvalue weighted by Gasteiger charge is -2.20. The fraction of sp³-hybridized carbons (Fsp3) is 0. The summed E-state index contributed by atoms with van der Waals surface area (Å²) in [5.74, 6) is 12.0. The van der Waals surface area contributed by atoms with Crippen LogP contribution in [-0.4, -0.2) is 0 Å². The molecule has 22 aromatic carbocycles.